The Balaban J connectivity index is 2.44. The number of nitrogens with one attached hydrogen (secondary N) is 1. The third kappa shape index (κ3) is 7.79. The SMILES string of the molecule is CCOCCCNC(=O)CCCN(c1ccc(C)cc1)S(C)(=O)=O. The number of carbonyl (C=O) groups excluding carboxylic acids is 1. The van der Waals surface area contributed by atoms with Crippen LogP contribution >= 0.6 is 0 Å². The van der Waals surface area contributed by atoms with Crippen molar-refractivity contribution in [1.29, 1.82) is 0 Å². The fourth-order valence-electron chi connectivity index (χ4n) is 2.22. The molecule has 0 saturated heterocycles. The molecule has 1 aromatic rings. The summed E-state index contributed by atoms with van der Waals surface area (Å²) >= 11 is 0. The highest BCUT2D eigenvalue weighted by atomic mass is 32.2. The number of ether oxygens (including phenoxy) is 1. The molecule has 0 saturated carbocycles. The van der Waals surface area contributed by atoms with Gasteiger partial charge in [0.1, 0.15) is 0 Å². The van der Waals surface area contributed by atoms with Crippen LogP contribution in [0, 0.1) is 6.92 Å². The zero-order valence-electron chi connectivity index (χ0n) is 14.7. The van der Waals surface area contributed by atoms with Gasteiger partial charge in [0.25, 0.3) is 0 Å². The van der Waals surface area contributed by atoms with Crippen LogP contribution in [0.3, 0.4) is 0 Å². The van der Waals surface area contributed by atoms with E-state index in [0.29, 0.717) is 38.3 Å². The Morgan fingerprint density at radius 2 is 1.88 bits per heavy atom. The average molecular weight is 356 g/mol. The minimum absolute atomic E-state index is 0.0659. The molecule has 0 aliphatic heterocycles. The Labute approximate surface area is 145 Å². The van der Waals surface area contributed by atoms with E-state index in [0.717, 1.165) is 12.0 Å². The summed E-state index contributed by atoms with van der Waals surface area (Å²) in [5.74, 6) is -0.0659. The predicted molar refractivity (Wildman–Crippen MR) is 96.7 cm³/mol. The Morgan fingerprint density at radius 1 is 1.21 bits per heavy atom. The lowest BCUT2D eigenvalue weighted by atomic mass is 10.2. The molecule has 7 heteroatoms. The third-order valence-electron chi connectivity index (χ3n) is 3.48. The molecule has 6 nitrogen and oxygen atoms in total. The number of aryl methyl sites for hydroxylation is 1. The Hall–Kier alpha value is -1.60. The second-order valence-corrected chi connectivity index (χ2v) is 7.58. The van der Waals surface area contributed by atoms with Gasteiger partial charge < -0.3 is 10.1 Å². The van der Waals surface area contributed by atoms with Gasteiger partial charge in [0, 0.05) is 32.7 Å². The van der Waals surface area contributed by atoms with Crippen molar-refractivity contribution >= 4 is 21.6 Å². The van der Waals surface area contributed by atoms with Crippen LogP contribution in [-0.4, -0.2) is 46.9 Å². The topological polar surface area (TPSA) is 75.7 Å². The molecule has 1 rings (SSSR count). The highest BCUT2D eigenvalue weighted by molar-refractivity contribution is 7.92. The summed E-state index contributed by atoms with van der Waals surface area (Å²) < 4.78 is 30.5. The summed E-state index contributed by atoms with van der Waals surface area (Å²) in [4.78, 5) is 11.8. The van der Waals surface area contributed by atoms with Gasteiger partial charge in [0.05, 0.1) is 11.9 Å². The van der Waals surface area contributed by atoms with Gasteiger partial charge in [-0.2, -0.15) is 0 Å². The number of benzene rings is 1. The molecule has 1 N–H and O–H groups in total. The van der Waals surface area contributed by atoms with Crippen LogP contribution < -0.4 is 9.62 Å². The minimum Gasteiger partial charge on any atom is -0.382 e. The number of hydrogen-bond acceptors (Lipinski definition) is 4. The van der Waals surface area contributed by atoms with Gasteiger partial charge in [-0.1, -0.05) is 17.7 Å². The summed E-state index contributed by atoms with van der Waals surface area (Å²) in [6.07, 6.45) is 2.73. The second-order valence-electron chi connectivity index (χ2n) is 5.67. The Bertz CT molecular complexity index is 600. The van der Waals surface area contributed by atoms with Crippen LogP contribution in [0.25, 0.3) is 0 Å². The number of carbonyl (C=O) groups is 1. The smallest absolute Gasteiger partial charge is 0.232 e. The quantitative estimate of drug-likeness (QED) is 0.616. The fraction of sp³-hybridized carbons (Fsp3) is 0.588. The maximum absolute atomic E-state index is 12.0. The molecule has 1 amide bonds. The normalized spacial score (nSPS) is 11.3. The van der Waals surface area contributed by atoms with Gasteiger partial charge in [-0.15, -0.1) is 0 Å². The zero-order valence-corrected chi connectivity index (χ0v) is 15.6. The van der Waals surface area contributed by atoms with E-state index in [9.17, 15) is 13.2 Å². The first-order valence-electron chi connectivity index (χ1n) is 8.23. The van der Waals surface area contributed by atoms with Crippen molar-refractivity contribution in [2.24, 2.45) is 0 Å². The molecule has 0 aromatic heterocycles. The number of rotatable bonds is 11. The van der Waals surface area contributed by atoms with Crippen molar-refractivity contribution in [3.8, 4) is 0 Å². The van der Waals surface area contributed by atoms with E-state index in [1.54, 1.807) is 12.1 Å². The van der Waals surface area contributed by atoms with E-state index in [1.807, 2.05) is 26.0 Å². The summed E-state index contributed by atoms with van der Waals surface area (Å²) in [6.45, 7) is 6.05. The lowest BCUT2D eigenvalue weighted by Gasteiger charge is -2.22. The molecule has 0 spiro atoms. The van der Waals surface area contributed by atoms with Crippen molar-refractivity contribution in [1.82, 2.24) is 5.32 Å². The van der Waals surface area contributed by atoms with Crippen LogP contribution in [0.1, 0.15) is 31.7 Å². The highest BCUT2D eigenvalue weighted by Crippen LogP contribution is 2.18. The summed E-state index contributed by atoms with van der Waals surface area (Å²) in [5.41, 5.74) is 1.69. The first-order valence-corrected chi connectivity index (χ1v) is 10.1. The van der Waals surface area contributed by atoms with E-state index >= 15 is 0 Å². The van der Waals surface area contributed by atoms with Crippen LogP contribution in [-0.2, 0) is 19.6 Å². The van der Waals surface area contributed by atoms with Gasteiger partial charge in [-0.3, -0.25) is 9.10 Å². The second kappa shape index (κ2) is 10.3. The summed E-state index contributed by atoms with van der Waals surface area (Å²) in [7, 11) is -3.37. The van der Waals surface area contributed by atoms with Crippen molar-refractivity contribution in [2.45, 2.75) is 33.1 Å². The molecule has 1 aromatic carbocycles. The molecule has 24 heavy (non-hydrogen) atoms. The first kappa shape index (κ1) is 20.4. The molecule has 0 bridgehead atoms. The van der Waals surface area contributed by atoms with E-state index in [-0.39, 0.29) is 12.5 Å². The van der Waals surface area contributed by atoms with E-state index in [4.69, 9.17) is 4.74 Å². The Morgan fingerprint density at radius 3 is 2.46 bits per heavy atom. The number of nitrogens with zero attached hydrogens (tertiary/aromatic N) is 1. The molecule has 0 unspecified atom stereocenters. The number of anilines is 1. The Kier molecular flexibility index (Phi) is 8.78. The van der Waals surface area contributed by atoms with Gasteiger partial charge in [0.2, 0.25) is 15.9 Å². The number of hydrogen-bond donors (Lipinski definition) is 1. The fourth-order valence-corrected chi connectivity index (χ4v) is 3.18. The number of sulfonamides is 1. The molecular weight excluding hydrogens is 328 g/mol. The predicted octanol–water partition coefficient (Wildman–Crippen LogP) is 2.08. The van der Waals surface area contributed by atoms with Crippen LogP contribution in [0.2, 0.25) is 0 Å². The molecule has 0 fully saturated rings. The van der Waals surface area contributed by atoms with E-state index < -0.39 is 10.0 Å². The maximum Gasteiger partial charge on any atom is 0.232 e. The molecule has 0 atom stereocenters. The van der Waals surface area contributed by atoms with Crippen molar-refractivity contribution < 1.29 is 17.9 Å². The van der Waals surface area contributed by atoms with Gasteiger partial charge in [-0.05, 0) is 38.8 Å². The molecule has 0 heterocycles. The van der Waals surface area contributed by atoms with Crippen molar-refractivity contribution in [3.63, 3.8) is 0 Å². The monoisotopic (exact) mass is 356 g/mol. The molecule has 0 aliphatic carbocycles. The standard InChI is InChI=1S/C17H28N2O4S/c1-4-23-14-6-12-18-17(20)7-5-13-19(24(3,21)22)16-10-8-15(2)9-11-16/h8-11H,4-7,12-14H2,1-3H3,(H,18,20). The molecule has 0 radical (unpaired) electrons. The molecular formula is C17H28N2O4S. The summed E-state index contributed by atoms with van der Waals surface area (Å²) in [5, 5.41) is 2.81. The van der Waals surface area contributed by atoms with E-state index in [2.05, 4.69) is 5.32 Å². The average Bonchev–Trinajstić information content (AvgIpc) is 2.51. The van der Waals surface area contributed by atoms with E-state index in [1.165, 1.54) is 10.6 Å². The molecule has 136 valence electrons. The van der Waals surface area contributed by atoms with Gasteiger partial charge >= 0.3 is 0 Å². The molecule has 0 aliphatic rings. The first-order chi connectivity index (χ1) is 11.3. The minimum atomic E-state index is -3.37. The van der Waals surface area contributed by atoms with Crippen LogP contribution in [0.5, 0.6) is 0 Å². The van der Waals surface area contributed by atoms with Gasteiger partial charge in [-0.25, -0.2) is 8.42 Å². The van der Waals surface area contributed by atoms with Crippen LogP contribution in [0.4, 0.5) is 5.69 Å². The third-order valence-corrected chi connectivity index (χ3v) is 4.67. The maximum atomic E-state index is 12.0. The lowest BCUT2D eigenvalue weighted by Crippen LogP contribution is -2.32. The zero-order chi connectivity index (χ0) is 18.0. The lowest BCUT2D eigenvalue weighted by molar-refractivity contribution is -0.121. The van der Waals surface area contributed by atoms with Crippen LogP contribution in [0.15, 0.2) is 24.3 Å². The van der Waals surface area contributed by atoms with Crippen molar-refractivity contribution in [2.75, 3.05) is 36.9 Å². The van der Waals surface area contributed by atoms with Gasteiger partial charge in [0.15, 0.2) is 0 Å². The number of amides is 1. The highest BCUT2D eigenvalue weighted by Gasteiger charge is 2.17. The van der Waals surface area contributed by atoms with Crippen molar-refractivity contribution in [3.05, 3.63) is 29.8 Å². The summed E-state index contributed by atoms with van der Waals surface area (Å²) in [6, 6.07) is 7.31. The largest absolute Gasteiger partial charge is 0.382 e.